The van der Waals surface area contributed by atoms with Crippen LogP contribution < -0.4 is 10.1 Å². The number of carbonyl (C=O) groups is 3. The third kappa shape index (κ3) is 2.36. The topological polar surface area (TPSA) is 75.7 Å². The van der Waals surface area contributed by atoms with Crippen molar-refractivity contribution in [2.45, 2.75) is 25.4 Å². The van der Waals surface area contributed by atoms with E-state index in [0.717, 1.165) is 5.56 Å². The molecular formula is C16H16N2O4. The Kier molecular flexibility index (Phi) is 3.66. The van der Waals surface area contributed by atoms with Crippen LogP contribution in [0.15, 0.2) is 30.9 Å². The van der Waals surface area contributed by atoms with Crippen molar-refractivity contribution >= 4 is 17.7 Å². The standard InChI is InChI=1S/C16H16N2O4/c1-2-8-22-13-5-3-4-10-11(13)9-18(16(10)21)12-6-7-14(19)17-15(12)20/h2-5,12H,1,6-9H2,(H,17,19,20). The smallest absolute Gasteiger partial charge is 0.255 e. The second-order valence-electron chi connectivity index (χ2n) is 5.28. The molecule has 1 unspecified atom stereocenters. The lowest BCUT2D eigenvalue weighted by atomic mass is 10.0. The van der Waals surface area contributed by atoms with Gasteiger partial charge in [-0.2, -0.15) is 0 Å². The summed E-state index contributed by atoms with van der Waals surface area (Å²) in [5.41, 5.74) is 1.32. The molecule has 22 heavy (non-hydrogen) atoms. The van der Waals surface area contributed by atoms with Gasteiger partial charge >= 0.3 is 0 Å². The minimum absolute atomic E-state index is 0.200. The van der Waals surface area contributed by atoms with Crippen LogP contribution in [-0.4, -0.2) is 35.3 Å². The van der Waals surface area contributed by atoms with Crippen LogP contribution in [0.25, 0.3) is 0 Å². The van der Waals surface area contributed by atoms with E-state index in [-0.39, 0.29) is 18.2 Å². The summed E-state index contributed by atoms with van der Waals surface area (Å²) in [5, 5.41) is 2.29. The molecule has 0 bridgehead atoms. The number of nitrogens with zero attached hydrogens (tertiary/aromatic N) is 1. The zero-order chi connectivity index (χ0) is 15.7. The first-order valence-electron chi connectivity index (χ1n) is 7.12. The Morgan fingerprint density at radius 3 is 2.91 bits per heavy atom. The monoisotopic (exact) mass is 300 g/mol. The van der Waals surface area contributed by atoms with E-state index in [9.17, 15) is 14.4 Å². The molecule has 0 spiro atoms. The molecule has 0 saturated carbocycles. The number of imide groups is 1. The molecule has 1 saturated heterocycles. The van der Waals surface area contributed by atoms with E-state index in [1.54, 1.807) is 24.3 Å². The van der Waals surface area contributed by atoms with Crippen LogP contribution >= 0.6 is 0 Å². The van der Waals surface area contributed by atoms with Gasteiger partial charge in [-0.25, -0.2) is 0 Å². The molecule has 2 aliphatic heterocycles. The molecule has 6 heteroatoms. The van der Waals surface area contributed by atoms with Crippen LogP contribution in [0.1, 0.15) is 28.8 Å². The lowest BCUT2D eigenvalue weighted by Crippen LogP contribution is -2.52. The van der Waals surface area contributed by atoms with Gasteiger partial charge in [0.15, 0.2) is 0 Å². The van der Waals surface area contributed by atoms with Gasteiger partial charge in [0.1, 0.15) is 18.4 Å². The fourth-order valence-electron chi connectivity index (χ4n) is 2.84. The Labute approximate surface area is 127 Å². The fraction of sp³-hybridized carbons (Fsp3) is 0.312. The number of hydrogen-bond acceptors (Lipinski definition) is 4. The van der Waals surface area contributed by atoms with Gasteiger partial charge in [0.25, 0.3) is 5.91 Å². The third-order valence-corrected chi connectivity index (χ3v) is 3.90. The largest absolute Gasteiger partial charge is 0.489 e. The Bertz CT molecular complexity index is 668. The van der Waals surface area contributed by atoms with Gasteiger partial charge < -0.3 is 9.64 Å². The van der Waals surface area contributed by atoms with Crippen LogP contribution in [0, 0.1) is 0 Å². The summed E-state index contributed by atoms with van der Waals surface area (Å²) in [5.74, 6) is -0.277. The van der Waals surface area contributed by atoms with E-state index >= 15 is 0 Å². The van der Waals surface area contributed by atoms with Crippen LogP contribution in [0.4, 0.5) is 0 Å². The molecular weight excluding hydrogens is 284 g/mol. The van der Waals surface area contributed by atoms with E-state index in [4.69, 9.17) is 4.74 Å². The Morgan fingerprint density at radius 1 is 1.36 bits per heavy atom. The average Bonchev–Trinajstić information content (AvgIpc) is 2.83. The van der Waals surface area contributed by atoms with Gasteiger partial charge in [0.05, 0.1) is 6.54 Å². The van der Waals surface area contributed by atoms with Gasteiger partial charge in [0.2, 0.25) is 11.8 Å². The molecule has 0 aliphatic carbocycles. The van der Waals surface area contributed by atoms with Crippen molar-refractivity contribution in [3.05, 3.63) is 42.0 Å². The zero-order valence-electron chi connectivity index (χ0n) is 12.0. The molecule has 2 aliphatic rings. The summed E-state index contributed by atoms with van der Waals surface area (Å²) in [6.07, 6.45) is 2.23. The number of piperidine rings is 1. The Hall–Kier alpha value is -2.63. The molecule has 0 aromatic heterocycles. The Balaban J connectivity index is 1.86. The first-order valence-corrected chi connectivity index (χ1v) is 7.12. The van der Waals surface area contributed by atoms with Gasteiger partial charge in [0, 0.05) is 17.5 Å². The van der Waals surface area contributed by atoms with Gasteiger partial charge in [-0.15, -0.1) is 0 Å². The zero-order valence-corrected chi connectivity index (χ0v) is 12.0. The van der Waals surface area contributed by atoms with Gasteiger partial charge in [-0.05, 0) is 18.6 Å². The lowest BCUT2D eigenvalue weighted by molar-refractivity contribution is -0.136. The number of nitrogens with one attached hydrogen (secondary N) is 1. The predicted molar refractivity (Wildman–Crippen MR) is 78.2 cm³/mol. The number of amides is 3. The lowest BCUT2D eigenvalue weighted by Gasteiger charge is -2.29. The summed E-state index contributed by atoms with van der Waals surface area (Å²) in [6, 6.07) is 4.67. The maximum atomic E-state index is 12.5. The molecule has 2 heterocycles. The second kappa shape index (κ2) is 5.63. The van der Waals surface area contributed by atoms with Crippen LogP contribution in [0.5, 0.6) is 5.75 Å². The van der Waals surface area contributed by atoms with E-state index < -0.39 is 11.9 Å². The first-order chi connectivity index (χ1) is 10.6. The molecule has 1 aromatic carbocycles. The van der Waals surface area contributed by atoms with Crippen molar-refractivity contribution in [2.75, 3.05) is 6.61 Å². The summed E-state index contributed by atoms with van der Waals surface area (Å²) in [7, 11) is 0. The number of rotatable bonds is 4. The highest BCUT2D eigenvalue weighted by Gasteiger charge is 2.40. The first kappa shape index (κ1) is 14.3. The summed E-state index contributed by atoms with van der Waals surface area (Å²) in [4.78, 5) is 37.3. The summed E-state index contributed by atoms with van der Waals surface area (Å²) in [6.45, 7) is 4.27. The van der Waals surface area contributed by atoms with Gasteiger partial charge in [-0.3, -0.25) is 19.7 Å². The molecule has 0 radical (unpaired) electrons. The molecule has 1 N–H and O–H groups in total. The van der Waals surface area contributed by atoms with Crippen molar-refractivity contribution < 1.29 is 19.1 Å². The highest BCUT2D eigenvalue weighted by atomic mass is 16.5. The van der Waals surface area contributed by atoms with E-state index in [1.807, 2.05) is 0 Å². The van der Waals surface area contributed by atoms with E-state index in [2.05, 4.69) is 11.9 Å². The maximum Gasteiger partial charge on any atom is 0.255 e. The van der Waals surface area contributed by atoms with Crippen molar-refractivity contribution in [3.63, 3.8) is 0 Å². The number of hydrogen-bond donors (Lipinski definition) is 1. The minimum atomic E-state index is -0.607. The molecule has 1 atom stereocenters. The van der Waals surface area contributed by atoms with Crippen molar-refractivity contribution in [2.24, 2.45) is 0 Å². The SMILES string of the molecule is C=CCOc1cccc2c1CN(C1CCC(=O)NC1=O)C2=O. The van der Waals surface area contributed by atoms with Crippen LogP contribution in [0.2, 0.25) is 0 Å². The predicted octanol–water partition coefficient (Wildman–Crippen LogP) is 1.01. The fourth-order valence-corrected chi connectivity index (χ4v) is 2.84. The number of fused-ring (bicyclic) bond motifs is 1. The van der Waals surface area contributed by atoms with Crippen molar-refractivity contribution in [1.82, 2.24) is 10.2 Å². The maximum absolute atomic E-state index is 12.5. The Morgan fingerprint density at radius 2 is 2.18 bits per heavy atom. The van der Waals surface area contributed by atoms with Crippen molar-refractivity contribution in [3.8, 4) is 5.75 Å². The quantitative estimate of drug-likeness (QED) is 0.665. The average molecular weight is 300 g/mol. The van der Waals surface area contributed by atoms with E-state index in [1.165, 1.54) is 4.90 Å². The third-order valence-electron chi connectivity index (χ3n) is 3.90. The van der Waals surface area contributed by atoms with Crippen LogP contribution in [0.3, 0.4) is 0 Å². The normalized spacial score (nSPS) is 20.6. The molecule has 6 nitrogen and oxygen atoms in total. The number of carbonyl (C=O) groups excluding carboxylic acids is 3. The summed E-state index contributed by atoms with van der Waals surface area (Å²) < 4.78 is 5.57. The highest BCUT2D eigenvalue weighted by Crippen LogP contribution is 2.33. The molecule has 3 amide bonds. The second-order valence-corrected chi connectivity index (χ2v) is 5.28. The highest BCUT2D eigenvalue weighted by molar-refractivity contribution is 6.05. The number of ether oxygens (including phenoxy) is 1. The summed E-state index contributed by atoms with van der Waals surface area (Å²) >= 11 is 0. The van der Waals surface area contributed by atoms with Gasteiger partial charge in [-0.1, -0.05) is 18.7 Å². The van der Waals surface area contributed by atoms with E-state index in [0.29, 0.717) is 30.9 Å². The van der Waals surface area contributed by atoms with Crippen LogP contribution in [-0.2, 0) is 16.1 Å². The molecule has 1 aromatic rings. The molecule has 3 rings (SSSR count). The number of benzene rings is 1. The van der Waals surface area contributed by atoms with Crippen molar-refractivity contribution in [1.29, 1.82) is 0 Å². The molecule has 1 fully saturated rings. The molecule has 114 valence electrons. The minimum Gasteiger partial charge on any atom is -0.489 e.